The highest BCUT2D eigenvalue weighted by Crippen LogP contribution is 2.16. The van der Waals surface area contributed by atoms with Crippen molar-refractivity contribution in [3.63, 3.8) is 0 Å². The van der Waals surface area contributed by atoms with Gasteiger partial charge in [-0.3, -0.25) is 11.3 Å². The Bertz CT molecular complexity index is 273. The summed E-state index contributed by atoms with van der Waals surface area (Å²) >= 11 is 0. The van der Waals surface area contributed by atoms with Crippen molar-refractivity contribution in [1.29, 1.82) is 0 Å². The first-order valence-corrected chi connectivity index (χ1v) is 3.87. The number of hydrogen-bond donors (Lipinski definition) is 2. The lowest BCUT2D eigenvalue weighted by molar-refractivity contribution is 0.541. The van der Waals surface area contributed by atoms with Crippen molar-refractivity contribution in [3.05, 3.63) is 35.1 Å². The maximum Gasteiger partial charge on any atom is 0.128 e. The van der Waals surface area contributed by atoms with Crippen LogP contribution < -0.4 is 11.3 Å². The van der Waals surface area contributed by atoms with Crippen molar-refractivity contribution in [3.8, 4) is 0 Å². The van der Waals surface area contributed by atoms with Gasteiger partial charge in [-0.2, -0.15) is 0 Å². The molecule has 1 rings (SSSR count). The second-order valence-corrected chi connectivity index (χ2v) is 2.91. The van der Waals surface area contributed by atoms with Gasteiger partial charge in [0.2, 0.25) is 0 Å². The third kappa shape index (κ3) is 1.81. The molecule has 0 radical (unpaired) electrons. The van der Waals surface area contributed by atoms with Crippen molar-refractivity contribution in [2.45, 2.75) is 19.9 Å². The Morgan fingerprint density at radius 3 is 2.67 bits per heavy atom. The third-order valence-corrected chi connectivity index (χ3v) is 1.87. The molecular weight excluding hydrogens is 155 g/mol. The van der Waals surface area contributed by atoms with E-state index in [1.54, 1.807) is 6.07 Å². The van der Waals surface area contributed by atoms with Gasteiger partial charge in [-0.25, -0.2) is 4.39 Å². The zero-order valence-electron chi connectivity index (χ0n) is 7.26. The zero-order chi connectivity index (χ0) is 9.14. The summed E-state index contributed by atoms with van der Waals surface area (Å²) in [6, 6.07) is 4.97. The molecule has 2 nitrogen and oxygen atoms in total. The van der Waals surface area contributed by atoms with E-state index in [0.717, 1.165) is 5.56 Å². The van der Waals surface area contributed by atoms with Crippen molar-refractivity contribution in [1.82, 2.24) is 5.43 Å². The molecule has 0 unspecified atom stereocenters. The number of nitrogens with two attached hydrogens (primary N) is 1. The lowest BCUT2D eigenvalue weighted by atomic mass is 10.1. The van der Waals surface area contributed by atoms with Gasteiger partial charge >= 0.3 is 0 Å². The van der Waals surface area contributed by atoms with Gasteiger partial charge in [-0.1, -0.05) is 12.1 Å². The predicted molar refractivity (Wildman–Crippen MR) is 46.9 cm³/mol. The molecule has 0 amide bonds. The van der Waals surface area contributed by atoms with E-state index in [-0.39, 0.29) is 11.9 Å². The molecule has 0 aromatic heterocycles. The lowest BCUT2D eigenvalue weighted by Gasteiger charge is -2.11. The van der Waals surface area contributed by atoms with Crippen molar-refractivity contribution in [2.75, 3.05) is 0 Å². The Hall–Kier alpha value is -0.930. The molecule has 0 bridgehead atoms. The van der Waals surface area contributed by atoms with Gasteiger partial charge in [0.1, 0.15) is 5.82 Å². The third-order valence-electron chi connectivity index (χ3n) is 1.87. The minimum atomic E-state index is -0.208. The van der Waals surface area contributed by atoms with Crippen molar-refractivity contribution >= 4 is 0 Å². The van der Waals surface area contributed by atoms with Gasteiger partial charge in [0, 0.05) is 11.6 Å². The maximum atomic E-state index is 13.2. The number of hydrazine groups is 1. The molecule has 66 valence electrons. The number of benzene rings is 1. The van der Waals surface area contributed by atoms with Crippen LogP contribution in [0.3, 0.4) is 0 Å². The van der Waals surface area contributed by atoms with Crippen LogP contribution in [0.1, 0.15) is 24.1 Å². The number of aryl methyl sites for hydroxylation is 1. The number of nitrogens with one attached hydrogen (secondary N) is 1. The van der Waals surface area contributed by atoms with Crippen LogP contribution in [0.25, 0.3) is 0 Å². The molecule has 0 saturated carbocycles. The molecule has 0 fully saturated rings. The fraction of sp³-hybridized carbons (Fsp3) is 0.333. The molecule has 1 aromatic carbocycles. The number of halogens is 1. The summed E-state index contributed by atoms with van der Waals surface area (Å²) < 4.78 is 13.2. The normalized spacial score (nSPS) is 13.0. The Morgan fingerprint density at radius 1 is 1.50 bits per heavy atom. The monoisotopic (exact) mass is 168 g/mol. The van der Waals surface area contributed by atoms with Gasteiger partial charge in [0.25, 0.3) is 0 Å². The topological polar surface area (TPSA) is 38.0 Å². The SMILES string of the molecule is Cc1ccc([C@@H](C)NN)c(F)c1. The first-order chi connectivity index (χ1) is 5.65. The quantitative estimate of drug-likeness (QED) is 0.520. The largest absolute Gasteiger partial charge is 0.271 e. The molecule has 0 aliphatic heterocycles. The molecule has 0 heterocycles. The minimum absolute atomic E-state index is 0.148. The minimum Gasteiger partial charge on any atom is -0.271 e. The summed E-state index contributed by atoms with van der Waals surface area (Å²) in [5.41, 5.74) is 4.02. The van der Waals surface area contributed by atoms with E-state index in [2.05, 4.69) is 5.43 Å². The Kier molecular flexibility index (Phi) is 2.78. The van der Waals surface area contributed by atoms with Crippen LogP contribution in [0.5, 0.6) is 0 Å². The van der Waals surface area contributed by atoms with E-state index in [9.17, 15) is 4.39 Å². The molecule has 1 atom stereocenters. The summed E-state index contributed by atoms with van der Waals surface area (Å²) in [5, 5.41) is 0. The Balaban J connectivity index is 3.01. The van der Waals surface area contributed by atoms with Gasteiger partial charge in [-0.05, 0) is 25.5 Å². The summed E-state index contributed by atoms with van der Waals surface area (Å²) in [7, 11) is 0. The lowest BCUT2D eigenvalue weighted by Crippen LogP contribution is -2.26. The zero-order valence-corrected chi connectivity index (χ0v) is 7.26. The number of hydrogen-bond acceptors (Lipinski definition) is 2. The molecule has 0 aliphatic rings. The summed E-state index contributed by atoms with van der Waals surface area (Å²) in [4.78, 5) is 0. The van der Waals surface area contributed by atoms with Gasteiger partial charge in [0.15, 0.2) is 0 Å². The highest BCUT2D eigenvalue weighted by atomic mass is 19.1. The van der Waals surface area contributed by atoms with E-state index in [1.165, 1.54) is 6.07 Å². The molecule has 3 heteroatoms. The van der Waals surface area contributed by atoms with E-state index < -0.39 is 0 Å². The van der Waals surface area contributed by atoms with E-state index in [1.807, 2.05) is 19.9 Å². The molecule has 12 heavy (non-hydrogen) atoms. The smallest absolute Gasteiger partial charge is 0.128 e. The second kappa shape index (κ2) is 3.65. The highest BCUT2D eigenvalue weighted by molar-refractivity contribution is 5.25. The molecular formula is C9H13FN2. The van der Waals surface area contributed by atoms with Crippen molar-refractivity contribution in [2.24, 2.45) is 5.84 Å². The average molecular weight is 168 g/mol. The first-order valence-electron chi connectivity index (χ1n) is 3.87. The molecule has 0 spiro atoms. The van der Waals surface area contributed by atoms with Gasteiger partial charge < -0.3 is 0 Å². The maximum absolute atomic E-state index is 13.2. The fourth-order valence-electron chi connectivity index (χ4n) is 1.07. The molecule has 0 saturated heterocycles. The van der Waals surface area contributed by atoms with Gasteiger partial charge in [-0.15, -0.1) is 0 Å². The predicted octanol–water partition coefficient (Wildman–Crippen LogP) is 1.66. The second-order valence-electron chi connectivity index (χ2n) is 2.91. The van der Waals surface area contributed by atoms with E-state index in [4.69, 9.17) is 5.84 Å². The van der Waals surface area contributed by atoms with Gasteiger partial charge in [0.05, 0.1) is 0 Å². The van der Waals surface area contributed by atoms with Crippen molar-refractivity contribution < 1.29 is 4.39 Å². The van der Waals surface area contributed by atoms with E-state index in [0.29, 0.717) is 5.56 Å². The Morgan fingerprint density at radius 2 is 2.17 bits per heavy atom. The highest BCUT2D eigenvalue weighted by Gasteiger charge is 2.07. The van der Waals surface area contributed by atoms with Crippen LogP contribution in [0.4, 0.5) is 4.39 Å². The van der Waals surface area contributed by atoms with Crippen LogP contribution in [0, 0.1) is 12.7 Å². The number of rotatable bonds is 2. The van der Waals surface area contributed by atoms with Crippen LogP contribution in [-0.2, 0) is 0 Å². The van der Waals surface area contributed by atoms with Crippen LogP contribution in [-0.4, -0.2) is 0 Å². The Labute approximate surface area is 71.6 Å². The molecule has 3 N–H and O–H groups in total. The standard InChI is InChI=1S/C9H13FN2/c1-6-3-4-8(7(2)12-11)9(10)5-6/h3-5,7,12H,11H2,1-2H3/t7-/m1/s1. The van der Waals surface area contributed by atoms with Crippen LogP contribution >= 0.6 is 0 Å². The summed E-state index contributed by atoms with van der Waals surface area (Å²) in [5.74, 6) is 4.99. The van der Waals surface area contributed by atoms with Crippen LogP contribution in [0.15, 0.2) is 18.2 Å². The first kappa shape index (κ1) is 9.16. The summed E-state index contributed by atoms with van der Waals surface area (Å²) in [6.45, 7) is 3.67. The fourth-order valence-corrected chi connectivity index (χ4v) is 1.07. The van der Waals surface area contributed by atoms with E-state index >= 15 is 0 Å². The summed E-state index contributed by atoms with van der Waals surface area (Å²) in [6.07, 6.45) is 0. The molecule has 0 aliphatic carbocycles. The molecule has 1 aromatic rings. The van der Waals surface area contributed by atoms with Crippen LogP contribution in [0.2, 0.25) is 0 Å². The average Bonchev–Trinajstić information content (AvgIpc) is 2.03.